The van der Waals surface area contributed by atoms with Crippen molar-refractivity contribution in [3.8, 4) is 0 Å². The Hall–Kier alpha value is -0.960. The van der Waals surface area contributed by atoms with Gasteiger partial charge in [0, 0.05) is 36.5 Å². The molecule has 1 rings (SSSR count). The SMILES string of the molecule is CN=C(NCCNS(=O)(=O)c1cccc(Cl)c1)NCC(C)(C)SC. The van der Waals surface area contributed by atoms with Crippen LogP contribution in [0.3, 0.4) is 0 Å². The summed E-state index contributed by atoms with van der Waals surface area (Å²) in [5, 5.41) is 6.69. The number of thioether (sulfide) groups is 1. The number of guanidine groups is 1. The van der Waals surface area contributed by atoms with Crippen molar-refractivity contribution in [2.45, 2.75) is 23.5 Å². The Kier molecular flexibility index (Phi) is 8.35. The van der Waals surface area contributed by atoms with Gasteiger partial charge in [-0.05, 0) is 38.3 Å². The van der Waals surface area contributed by atoms with E-state index >= 15 is 0 Å². The average molecular weight is 393 g/mol. The number of rotatable bonds is 8. The van der Waals surface area contributed by atoms with Crippen molar-refractivity contribution in [2.24, 2.45) is 4.99 Å². The number of halogens is 1. The number of benzene rings is 1. The third-order valence-electron chi connectivity index (χ3n) is 3.27. The van der Waals surface area contributed by atoms with E-state index in [0.717, 1.165) is 6.54 Å². The molecule has 0 spiro atoms. The smallest absolute Gasteiger partial charge is 0.240 e. The standard InChI is InChI=1S/C15H25ClN4O2S2/c1-15(2,23-4)11-19-14(17-3)18-8-9-20-24(21,22)13-7-5-6-12(16)10-13/h5-7,10,20H,8-9,11H2,1-4H3,(H2,17,18,19). The molecule has 0 fully saturated rings. The third kappa shape index (κ3) is 7.29. The van der Waals surface area contributed by atoms with Crippen molar-refractivity contribution in [1.82, 2.24) is 15.4 Å². The molecule has 0 unspecified atom stereocenters. The van der Waals surface area contributed by atoms with Crippen molar-refractivity contribution in [1.29, 1.82) is 0 Å². The minimum absolute atomic E-state index is 0.0891. The number of nitrogens with one attached hydrogen (secondary N) is 3. The second kappa shape index (κ2) is 9.50. The average Bonchev–Trinajstić information content (AvgIpc) is 2.54. The summed E-state index contributed by atoms with van der Waals surface area (Å²) in [6.45, 7) is 5.68. The molecule has 0 aromatic heterocycles. The van der Waals surface area contributed by atoms with Gasteiger partial charge in [0.2, 0.25) is 10.0 Å². The number of hydrogen-bond acceptors (Lipinski definition) is 4. The Morgan fingerprint density at radius 2 is 2.00 bits per heavy atom. The maximum atomic E-state index is 12.1. The van der Waals surface area contributed by atoms with Crippen LogP contribution in [0.25, 0.3) is 0 Å². The van der Waals surface area contributed by atoms with Crippen LogP contribution in [-0.4, -0.2) is 52.1 Å². The monoisotopic (exact) mass is 392 g/mol. The first-order valence-electron chi connectivity index (χ1n) is 7.45. The summed E-state index contributed by atoms with van der Waals surface area (Å²) in [6.07, 6.45) is 2.06. The molecule has 0 aliphatic rings. The maximum Gasteiger partial charge on any atom is 0.240 e. The van der Waals surface area contributed by atoms with Crippen LogP contribution in [0.5, 0.6) is 0 Å². The van der Waals surface area contributed by atoms with Crippen molar-refractivity contribution in [3.63, 3.8) is 0 Å². The van der Waals surface area contributed by atoms with Crippen molar-refractivity contribution in [3.05, 3.63) is 29.3 Å². The Labute approximate surface area is 153 Å². The topological polar surface area (TPSA) is 82.6 Å². The van der Waals surface area contributed by atoms with E-state index in [9.17, 15) is 8.42 Å². The van der Waals surface area contributed by atoms with E-state index in [-0.39, 0.29) is 16.2 Å². The van der Waals surface area contributed by atoms with Gasteiger partial charge in [0.05, 0.1) is 4.90 Å². The van der Waals surface area contributed by atoms with Crippen LogP contribution < -0.4 is 15.4 Å². The molecule has 0 aliphatic heterocycles. The fourth-order valence-electron chi connectivity index (χ4n) is 1.67. The molecular formula is C15H25ClN4O2S2. The summed E-state index contributed by atoms with van der Waals surface area (Å²) in [4.78, 5) is 4.27. The van der Waals surface area contributed by atoms with Gasteiger partial charge in [-0.3, -0.25) is 4.99 Å². The zero-order chi connectivity index (χ0) is 18.2. The van der Waals surface area contributed by atoms with E-state index in [2.05, 4.69) is 40.5 Å². The predicted molar refractivity (Wildman–Crippen MR) is 104 cm³/mol. The summed E-state index contributed by atoms with van der Waals surface area (Å²) in [7, 11) is -1.89. The lowest BCUT2D eigenvalue weighted by Crippen LogP contribution is -2.45. The van der Waals surface area contributed by atoms with Crippen LogP contribution in [0.4, 0.5) is 0 Å². The lowest BCUT2D eigenvalue weighted by atomic mass is 10.2. The zero-order valence-corrected chi connectivity index (χ0v) is 16.8. The second-order valence-corrected chi connectivity index (χ2v) is 9.39. The molecule has 136 valence electrons. The van der Waals surface area contributed by atoms with Crippen molar-refractivity contribution >= 4 is 39.3 Å². The van der Waals surface area contributed by atoms with E-state index in [1.165, 1.54) is 12.1 Å². The van der Waals surface area contributed by atoms with Gasteiger partial charge in [-0.25, -0.2) is 13.1 Å². The molecular weight excluding hydrogens is 368 g/mol. The molecule has 0 radical (unpaired) electrons. The molecule has 9 heteroatoms. The van der Waals surface area contributed by atoms with Crippen LogP contribution in [0.15, 0.2) is 34.2 Å². The molecule has 1 aromatic carbocycles. The van der Waals surface area contributed by atoms with Gasteiger partial charge in [-0.15, -0.1) is 0 Å². The third-order valence-corrected chi connectivity index (χ3v) is 6.22. The normalized spacial score (nSPS) is 13.0. The molecule has 0 heterocycles. The molecule has 6 nitrogen and oxygen atoms in total. The Balaban J connectivity index is 2.44. The van der Waals surface area contributed by atoms with Crippen LogP contribution in [0.1, 0.15) is 13.8 Å². The lowest BCUT2D eigenvalue weighted by Gasteiger charge is -2.23. The van der Waals surface area contributed by atoms with Gasteiger partial charge in [0.25, 0.3) is 0 Å². The summed E-state index contributed by atoms with van der Waals surface area (Å²) < 4.78 is 26.9. The van der Waals surface area contributed by atoms with Gasteiger partial charge in [0.15, 0.2) is 5.96 Å². The van der Waals surface area contributed by atoms with Gasteiger partial charge in [-0.1, -0.05) is 17.7 Å². The van der Waals surface area contributed by atoms with Crippen LogP contribution in [0, 0.1) is 0 Å². The first-order valence-corrected chi connectivity index (χ1v) is 10.5. The molecule has 0 aliphatic carbocycles. The molecule has 0 amide bonds. The summed E-state index contributed by atoms with van der Waals surface area (Å²) in [5.74, 6) is 0.638. The van der Waals surface area contributed by atoms with Crippen LogP contribution in [-0.2, 0) is 10.0 Å². The maximum absolute atomic E-state index is 12.1. The molecule has 0 atom stereocenters. The largest absolute Gasteiger partial charge is 0.355 e. The molecule has 3 N–H and O–H groups in total. The fraction of sp³-hybridized carbons (Fsp3) is 0.533. The van der Waals surface area contributed by atoms with Crippen LogP contribution >= 0.6 is 23.4 Å². The quantitative estimate of drug-likeness (QED) is 0.357. The number of hydrogen-bond donors (Lipinski definition) is 3. The first kappa shape index (κ1) is 21.1. The number of nitrogens with zero attached hydrogens (tertiary/aromatic N) is 1. The molecule has 0 bridgehead atoms. The molecule has 1 aromatic rings. The molecule has 0 saturated heterocycles. The van der Waals surface area contributed by atoms with E-state index < -0.39 is 10.0 Å². The Bertz CT molecular complexity index is 663. The number of aliphatic imine (C=N–C) groups is 1. The van der Waals surface area contributed by atoms with E-state index in [0.29, 0.717) is 17.5 Å². The Morgan fingerprint density at radius 3 is 2.58 bits per heavy atom. The van der Waals surface area contributed by atoms with E-state index in [1.54, 1.807) is 30.9 Å². The summed E-state index contributed by atoms with van der Waals surface area (Å²) in [6, 6.07) is 6.16. The minimum Gasteiger partial charge on any atom is -0.355 e. The second-order valence-electron chi connectivity index (χ2n) is 5.67. The van der Waals surface area contributed by atoms with Gasteiger partial charge in [0.1, 0.15) is 0 Å². The van der Waals surface area contributed by atoms with Gasteiger partial charge in [-0.2, -0.15) is 11.8 Å². The lowest BCUT2D eigenvalue weighted by molar-refractivity contribution is 0.580. The fourth-order valence-corrected chi connectivity index (χ4v) is 3.22. The van der Waals surface area contributed by atoms with Crippen molar-refractivity contribution in [2.75, 3.05) is 32.9 Å². The minimum atomic E-state index is -3.56. The summed E-state index contributed by atoms with van der Waals surface area (Å²) in [5.41, 5.74) is 0. The van der Waals surface area contributed by atoms with E-state index in [1.807, 2.05) is 0 Å². The Morgan fingerprint density at radius 1 is 1.29 bits per heavy atom. The molecule has 24 heavy (non-hydrogen) atoms. The van der Waals surface area contributed by atoms with Gasteiger partial charge < -0.3 is 10.6 Å². The highest BCUT2D eigenvalue weighted by Gasteiger charge is 2.16. The van der Waals surface area contributed by atoms with Gasteiger partial charge >= 0.3 is 0 Å². The van der Waals surface area contributed by atoms with Crippen molar-refractivity contribution < 1.29 is 8.42 Å². The van der Waals surface area contributed by atoms with E-state index in [4.69, 9.17) is 11.6 Å². The highest BCUT2D eigenvalue weighted by Crippen LogP contribution is 2.19. The molecule has 0 saturated carbocycles. The predicted octanol–water partition coefficient (Wildman–Crippen LogP) is 1.92. The highest BCUT2D eigenvalue weighted by atomic mass is 35.5. The number of sulfonamides is 1. The highest BCUT2D eigenvalue weighted by molar-refractivity contribution is 7.99. The first-order chi connectivity index (χ1) is 11.2. The zero-order valence-electron chi connectivity index (χ0n) is 14.4. The summed E-state index contributed by atoms with van der Waals surface area (Å²) >= 11 is 7.59. The van der Waals surface area contributed by atoms with Crippen LogP contribution in [0.2, 0.25) is 5.02 Å².